The summed E-state index contributed by atoms with van der Waals surface area (Å²) in [6.45, 7) is 0. The quantitative estimate of drug-likeness (QED) is 0.620. The van der Waals surface area contributed by atoms with Crippen LogP contribution >= 0.6 is 11.6 Å². The molecule has 3 aromatic rings. The van der Waals surface area contributed by atoms with E-state index in [-0.39, 0.29) is 15.5 Å². The number of halogens is 1. The van der Waals surface area contributed by atoms with Crippen LogP contribution in [0.1, 0.15) is 10.4 Å². The van der Waals surface area contributed by atoms with Crippen LogP contribution in [0.15, 0.2) is 83.8 Å². The molecule has 3 aromatic carbocycles. The lowest BCUT2D eigenvalue weighted by Gasteiger charge is -2.21. The number of hydrogen-bond donors (Lipinski definition) is 0. The number of para-hydroxylation sites is 2. The molecule has 0 aliphatic carbocycles. The molecule has 28 heavy (non-hydrogen) atoms. The van der Waals surface area contributed by atoms with Crippen molar-refractivity contribution in [3.63, 3.8) is 0 Å². The second kappa shape index (κ2) is 8.04. The number of amides is 1. The molecule has 144 valence electrons. The van der Waals surface area contributed by atoms with Crippen LogP contribution in [0.25, 0.3) is 0 Å². The number of benzene rings is 3. The molecule has 7 heteroatoms. The molecule has 0 atom stereocenters. The van der Waals surface area contributed by atoms with Crippen LogP contribution in [0.4, 0.5) is 11.4 Å². The first kappa shape index (κ1) is 19.9. The average molecular weight is 415 g/mol. The number of nitrogens with zero attached hydrogens (tertiary/aromatic N) is 2. The van der Waals surface area contributed by atoms with Gasteiger partial charge in [0.2, 0.25) is 0 Å². The molecule has 0 bridgehead atoms. The van der Waals surface area contributed by atoms with Crippen molar-refractivity contribution < 1.29 is 13.2 Å². The fourth-order valence-corrected chi connectivity index (χ4v) is 4.13. The lowest BCUT2D eigenvalue weighted by atomic mass is 10.2. The van der Waals surface area contributed by atoms with Gasteiger partial charge in [0.05, 0.1) is 21.2 Å². The second-order valence-electron chi connectivity index (χ2n) is 6.15. The highest BCUT2D eigenvalue weighted by Crippen LogP contribution is 2.27. The van der Waals surface area contributed by atoms with Crippen molar-refractivity contribution in [1.82, 2.24) is 0 Å². The van der Waals surface area contributed by atoms with E-state index in [1.165, 1.54) is 34.5 Å². The normalized spacial score (nSPS) is 11.1. The Morgan fingerprint density at radius 1 is 0.821 bits per heavy atom. The molecule has 0 fully saturated rings. The topological polar surface area (TPSA) is 57.7 Å². The highest BCUT2D eigenvalue weighted by atomic mass is 35.5. The SMILES string of the molecule is CN(C(=O)c1cc(S(=O)(=O)N(C)c2ccccc2)ccc1Cl)c1ccccc1. The first-order chi connectivity index (χ1) is 13.3. The number of carbonyl (C=O) groups excluding carboxylic acids is 1. The predicted octanol–water partition coefficient (Wildman–Crippen LogP) is 4.44. The first-order valence-electron chi connectivity index (χ1n) is 8.49. The Kier molecular flexibility index (Phi) is 5.72. The summed E-state index contributed by atoms with van der Waals surface area (Å²) in [7, 11) is -0.766. The summed E-state index contributed by atoms with van der Waals surface area (Å²) in [5, 5.41) is 0.189. The Morgan fingerprint density at radius 2 is 1.36 bits per heavy atom. The molecule has 1 amide bonds. The lowest BCUT2D eigenvalue weighted by molar-refractivity contribution is 0.0993. The van der Waals surface area contributed by atoms with Gasteiger partial charge in [0.25, 0.3) is 15.9 Å². The summed E-state index contributed by atoms with van der Waals surface area (Å²) in [5.41, 5.74) is 1.32. The summed E-state index contributed by atoms with van der Waals surface area (Å²) in [6.07, 6.45) is 0. The molecule has 3 rings (SSSR count). The molecule has 0 N–H and O–H groups in total. The Bertz CT molecular complexity index is 1090. The minimum Gasteiger partial charge on any atom is -0.311 e. The minimum absolute atomic E-state index is 0.00642. The van der Waals surface area contributed by atoms with E-state index in [0.717, 1.165) is 0 Å². The van der Waals surface area contributed by atoms with Crippen LogP contribution in [0.3, 0.4) is 0 Å². The molecule has 0 aliphatic rings. The molecule has 0 heterocycles. The maximum Gasteiger partial charge on any atom is 0.264 e. The molecular weight excluding hydrogens is 396 g/mol. The number of anilines is 2. The molecule has 0 saturated heterocycles. The maximum absolute atomic E-state index is 13.0. The van der Waals surface area contributed by atoms with Crippen molar-refractivity contribution in [3.05, 3.63) is 89.4 Å². The van der Waals surface area contributed by atoms with Gasteiger partial charge in [0, 0.05) is 19.8 Å². The zero-order valence-electron chi connectivity index (χ0n) is 15.4. The molecule has 5 nitrogen and oxygen atoms in total. The highest BCUT2D eigenvalue weighted by molar-refractivity contribution is 7.92. The van der Waals surface area contributed by atoms with Crippen LogP contribution in [-0.4, -0.2) is 28.4 Å². The molecule has 0 unspecified atom stereocenters. The van der Waals surface area contributed by atoms with Gasteiger partial charge in [0.15, 0.2) is 0 Å². The fourth-order valence-electron chi connectivity index (χ4n) is 2.71. The van der Waals surface area contributed by atoms with Crippen molar-refractivity contribution in [2.75, 3.05) is 23.3 Å². The number of rotatable bonds is 5. The minimum atomic E-state index is -3.85. The van der Waals surface area contributed by atoms with Gasteiger partial charge in [-0.25, -0.2) is 8.42 Å². The predicted molar refractivity (Wildman–Crippen MR) is 113 cm³/mol. The summed E-state index contributed by atoms with van der Waals surface area (Å²) in [6, 6.07) is 21.9. The van der Waals surface area contributed by atoms with Crippen LogP contribution in [0.2, 0.25) is 5.02 Å². The van der Waals surface area contributed by atoms with E-state index >= 15 is 0 Å². The van der Waals surface area contributed by atoms with Crippen molar-refractivity contribution >= 4 is 38.9 Å². The van der Waals surface area contributed by atoms with Crippen LogP contribution in [-0.2, 0) is 10.0 Å². The Labute approximate surface area is 169 Å². The lowest BCUT2D eigenvalue weighted by Crippen LogP contribution is -2.28. The Balaban J connectivity index is 1.98. The van der Waals surface area contributed by atoms with Gasteiger partial charge in [-0.1, -0.05) is 48.0 Å². The molecular formula is C21H19ClN2O3S. The number of carbonyl (C=O) groups is 1. The van der Waals surface area contributed by atoms with Crippen molar-refractivity contribution in [2.24, 2.45) is 0 Å². The van der Waals surface area contributed by atoms with E-state index in [4.69, 9.17) is 11.6 Å². The fraction of sp³-hybridized carbons (Fsp3) is 0.0952. The van der Waals surface area contributed by atoms with Gasteiger partial charge in [-0.05, 0) is 42.5 Å². The maximum atomic E-state index is 13.0. The van der Waals surface area contributed by atoms with Gasteiger partial charge in [-0.15, -0.1) is 0 Å². The van der Waals surface area contributed by atoms with Gasteiger partial charge in [-0.2, -0.15) is 0 Å². The zero-order valence-corrected chi connectivity index (χ0v) is 17.0. The molecule has 0 aliphatic heterocycles. The number of sulfonamides is 1. The third-order valence-corrected chi connectivity index (χ3v) is 6.51. The monoisotopic (exact) mass is 414 g/mol. The van der Waals surface area contributed by atoms with Crippen LogP contribution in [0.5, 0.6) is 0 Å². The average Bonchev–Trinajstić information content (AvgIpc) is 2.73. The third kappa shape index (κ3) is 3.88. The largest absolute Gasteiger partial charge is 0.311 e. The highest BCUT2D eigenvalue weighted by Gasteiger charge is 2.25. The van der Waals surface area contributed by atoms with E-state index in [1.807, 2.05) is 24.3 Å². The van der Waals surface area contributed by atoms with Crippen molar-refractivity contribution in [3.8, 4) is 0 Å². The first-order valence-corrected chi connectivity index (χ1v) is 10.3. The Hall–Kier alpha value is -2.83. The summed E-state index contributed by atoms with van der Waals surface area (Å²) < 4.78 is 27.2. The van der Waals surface area contributed by atoms with E-state index in [2.05, 4.69) is 0 Å². The van der Waals surface area contributed by atoms with Gasteiger partial charge in [0.1, 0.15) is 0 Å². The molecule has 0 radical (unpaired) electrons. The summed E-state index contributed by atoms with van der Waals surface area (Å²) in [4.78, 5) is 14.3. The third-order valence-electron chi connectivity index (χ3n) is 4.39. The molecule has 0 spiro atoms. The van der Waals surface area contributed by atoms with E-state index in [9.17, 15) is 13.2 Å². The summed E-state index contributed by atoms with van der Waals surface area (Å²) >= 11 is 6.21. The van der Waals surface area contributed by atoms with Gasteiger partial charge < -0.3 is 4.90 Å². The van der Waals surface area contributed by atoms with Crippen molar-refractivity contribution in [1.29, 1.82) is 0 Å². The van der Waals surface area contributed by atoms with E-state index in [0.29, 0.717) is 11.4 Å². The second-order valence-corrected chi connectivity index (χ2v) is 8.53. The Morgan fingerprint density at radius 3 is 1.93 bits per heavy atom. The van der Waals surface area contributed by atoms with E-state index < -0.39 is 15.9 Å². The molecule has 0 aromatic heterocycles. The smallest absolute Gasteiger partial charge is 0.264 e. The standard InChI is InChI=1S/C21H19ClN2O3S/c1-23(16-9-5-3-6-10-16)21(25)19-15-18(13-14-20(19)22)28(26,27)24(2)17-11-7-4-8-12-17/h3-15H,1-2H3. The number of hydrogen-bond acceptors (Lipinski definition) is 3. The molecule has 0 saturated carbocycles. The van der Waals surface area contributed by atoms with Crippen LogP contribution in [0, 0.1) is 0 Å². The summed E-state index contributed by atoms with van der Waals surface area (Å²) in [5.74, 6) is -0.393. The van der Waals surface area contributed by atoms with Crippen molar-refractivity contribution in [2.45, 2.75) is 4.90 Å². The van der Waals surface area contributed by atoms with E-state index in [1.54, 1.807) is 43.4 Å². The van der Waals surface area contributed by atoms with Crippen LogP contribution < -0.4 is 9.21 Å². The van der Waals surface area contributed by atoms with Gasteiger partial charge >= 0.3 is 0 Å². The van der Waals surface area contributed by atoms with Gasteiger partial charge in [-0.3, -0.25) is 9.10 Å². The zero-order chi connectivity index (χ0) is 20.3.